The summed E-state index contributed by atoms with van der Waals surface area (Å²) >= 11 is 6.01. The number of non-ortho nitro benzene ring substituents is 1. The number of benzene rings is 2. The minimum absolute atomic E-state index is 0.0517. The number of carbonyl (C=O) groups is 2. The summed E-state index contributed by atoms with van der Waals surface area (Å²) in [6.07, 6.45) is 0. The minimum atomic E-state index is -0.807. The Bertz CT molecular complexity index is 928. The van der Waals surface area contributed by atoms with Gasteiger partial charge < -0.3 is 10.6 Å². The molecule has 1 atom stereocenters. The van der Waals surface area contributed by atoms with E-state index in [0.717, 1.165) is 17.2 Å². The van der Waals surface area contributed by atoms with Crippen LogP contribution >= 0.6 is 11.6 Å². The summed E-state index contributed by atoms with van der Waals surface area (Å²) in [4.78, 5) is 35.6. The zero-order valence-electron chi connectivity index (χ0n) is 16.1. The normalized spacial score (nSPS) is 11.8. The van der Waals surface area contributed by atoms with Crippen molar-refractivity contribution in [1.82, 2.24) is 5.32 Å². The van der Waals surface area contributed by atoms with Crippen molar-refractivity contribution in [1.29, 1.82) is 0 Å². The van der Waals surface area contributed by atoms with Crippen molar-refractivity contribution in [3.8, 4) is 0 Å². The highest BCUT2D eigenvalue weighted by Gasteiger charge is 2.26. The highest BCUT2D eigenvalue weighted by molar-refractivity contribution is 6.34. The van der Waals surface area contributed by atoms with Gasteiger partial charge in [-0.1, -0.05) is 37.6 Å². The summed E-state index contributed by atoms with van der Waals surface area (Å²) in [6.45, 7) is 7.43. The van der Waals surface area contributed by atoms with E-state index in [1.807, 2.05) is 45.9 Å². The van der Waals surface area contributed by atoms with E-state index in [2.05, 4.69) is 10.6 Å². The second-order valence-electron chi connectivity index (χ2n) is 6.92. The van der Waals surface area contributed by atoms with Gasteiger partial charge in [0.25, 0.3) is 11.6 Å². The van der Waals surface area contributed by atoms with E-state index in [0.29, 0.717) is 5.69 Å². The molecule has 0 heterocycles. The lowest BCUT2D eigenvalue weighted by atomic mass is 10.0. The molecule has 148 valence electrons. The lowest BCUT2D eigenvalue weighted by Gasteiger charge is -2.22. The number of hydrogen-bond acceptors (Lipinski definition) is 4. The molecule has 2 aromatic carbocycles. The first kappa shape index (κ1) is 21.4. The van der Waals surface area contributed by atoms with Gasteiger partial charge in [-0.25, -0.2) is 0 Å². The smallest absolute Gasteiger partial charge is 0.270 e. The van der Waals surface area contributed by atoms with Crippen LogP contribution < -0.4 is 10.6 Å². The van der Waals surface area contributed by atoms with Crippen molar-refractivity contribution in [2.45, 2.75) is 33.7 Å². The topological polar surface area (TPSA) is 101 Å². The molecule has 0 saturated carbocycles. The molecule has 2 amide bonds. The third-order valence-corrected chi connectivity index (χ3v) is 4.61. The van der Waals surface area contributed by atoms with Gasteiger partial charge in [-0.2, -0.15) is 0 Å². The van der Waals surface area contributed by atoms with Gasteiger partial charge in [0.05, 0.1) is 15.5 Å². The third kappa shape index (κ3) is 5.07. The molecule has 7 nitrogen and oxygen atoms in total. The summed E-state index contributed by atoms with van der Waals surface area (Å²) in [7, 11) is 0. The maximum absolute atomic E-state index is 12.8. The molecule has 0 aliphatic carbocycles. The Hall–Kier alpha value is -2.93. The molecule has 0 aliphatic heterocycles. The zero-order chi connectivity index (χ0) is 21.0. The molecular weight excluding hydrogens is 382 g/mol. The highest BCUT2D eigenvalue weighted by atomic mass is 35.5. The molecule has 0 fully saturated rings. The molecule has 1 unspecified atom stereocenters. The number of nitro groups is 1. The number of amides is 2. The van der Waals surface area contributed by atoms with Gasteiger partial charge in [-0.05, 0) is 43.0 Å². The summed E-state index contributed by atoms with van der Waals surface area (Å²) in [5, 5.41) is 16.3. The van der Waals surface area contributed by atoms with Gasteiger partial charge in [-0.15, -0.1) is 0 Å². The van der Waals surface area contributed by atoms with Crippen LogP contribution in [0.3, 0.4) is 0 Å². The molecular formula is C20H22ClN3O4. The number of anilines is 1. The average Bonchev–Trinajstić information content (AvgIpc) is 2.61. The van der Waals surface area contributed by atoms with Crippen molar-refractivity contribution in [2.24, 2.45) is 5.92 Å². The minimum Gasteiger partial charge on any atom is -0.340 e. The standard InChI is InChI=1S/C20H22ClN3O4/c1-11(2)18(20(26)22-17-9-12(3)5-6-13(17)4)23-19(25)15-8-7-14(24(27)28)10-16(15)21/h5-11,18H,1-4H3,(H,22,26)(H,23,25). The Morgan fingerprint density at radius 1 is 1.11 bits per heavy atom. The Kier molecular flexibility index (Phi) is 6.75. The summed E-state index contributed by atoms with van der Waals surface area (Å²) in [6, 6.07) is 8.49. The Morgan fingerprint density at radius 2 is 1.79 bits per heavy atom. The van der Waals surface area contributed by atoms with Crippen molar-refractivity contribution in [3.05, 3.63) is 68.2 Å². The van der Waals surface area contributed by atoms with Crippen molar-refractivity contribution >= 4 is 34.8 Å². The van der Waals surface area contributed by atoms with E-state index in [-0.39, 0.29) is 28.1 Å². The van der Waals surface area contributed by atoms with Gasteiger partial charge in [-0.3, -0.25) is 19.7 Å². The van der Waals surface area contributed by atoms with Crippen LogP contribution in [0.2, 0.25) is 5.02 Å². The second kappa shape index (κ2) is 8.84. The summed E-state index contributed by atoms with van der Waals surface area (Å²) < 4.78 is 0. The Labute approximate surface area is 168 Å². The maximum atomic E-state index is 12.8. The number of carbonyl (C=O) groups excluding carboxylic acids is 2. The fourth-order valence-electron chi connectivity index (χ4n) is 2.64. The summed E-state index contributed by atoms with van der Waals surface area (Å²) in [5.41, 5.74) is 2.44. The second-order valence-corrected chi connectivity index (χ2v) is 7.33. The predicted octanol–water partition coefficient (Wildman–Crippen LogP) is 4.26. The highest BCUT2D eigenvalue weighted by Crippen LogP contribution is 2.23. The molecule has 2 N–H and O–H groups in total. The van der Waals surface area contributed by atoms with Crippen molar-refractivity contribution < 1.29 is 14.5 Å². The quantitative estimate of drug-likeness (QED) is 0.555. The Balaban J connectivity index is 2.20. The first-order chi connectivity index (χ1) is 13.1. The molecule has 0 spiro atoms. The lowest BCUT2D eigenvalue weighted by molar-refractivity contribution is -0.384. The predicted molar refractivity (Wildman–Crippen MR) is 109 cm³/mol. The fourth-order valence-corrected chi connectivity index (χ4v) is 2.90. The van der Waals surface area contributed by atoms with Gasteiger partial charge in [0.1, 0.15) is 6.04 Å². The van der Waals surface area contributed by atoms with Crippen molar-refractivity contribution in [3.63, 3.8) is 0 Å². The van der Waals surface area contributed by atoms with E-state index >= 15 is 0 Å². The molecule has 0 radical (unpaired) electrons. The first-order valence-corrected chi connectivity index (χ1v) is 9.11. The number of halogens is 1. The first-order valence-electron chi connectivity index (χ1n) is 8.73. The van der Waals surface area contributed by atoms with Gasteiger partial charge >= 0.3 is 0 Å². The van der Waals surface area contributed by atoms with Crippen LogP contribution in [0.1, 0.15) is 35.3 Å². The number of nitrogens with zero attached hydrogens (tertiary/aromatic N) is 1. The number of nitro benzene ring substituents is 1. The molecule has 0 aromatic heterocycles. The van der Waals surface area contributed by atoms with Crippen LogP contribution in [0, 0.1) is 29.9 Å². The number of nitrogens with one attached hydrogen (secondary N) is 2. The lowest BCUT2D eigenvalue weighted by Crippen LogP contribution is -2.47. The fraction of sp³-hybridized carbons (Fsp3) is 0.300. The summed E-state index contributed by atoms with van der Waals surface area (Å²) in [5.74, 6) is -1.12. The van der Waals surface area contributed by atoms with E-state index in [4.69, 9.17) is 11.6 Å². The largest absolute Gasteiger partial charge is 0.340 e. The molecule has 2 rings (SSSR count). The molecule has 28 heavy (non-hydrogen) atoms. The van der Waals surface area contributed by atoms with E-state index in [9.17, 15) is 19.7 Å². The van der Waals surface area contributed by atoms with E-state index < -0.39 is 16.9 Å². The van der Waals surface area contributed by atoms with Gasteiger partial charge in [0, 0.05) is 17.8 Å². The number of rotatable bonds is 6. The van der Waals surface area contributed by atoms with E-state index in [1.165, 1.54) is 12.1 Å². The molecule has 2 aromatic rings. The van der Waals surface area contributed by atoms with Crippen LogP contribution in [0.25, 0.3) is 0 Å². The van der Waals surface area contributed by atoms with Crippen LogP contribution in [0.15, 0.2) is 36.4 Å². The van der Waals surface area contributed by atoms with Crippen LogP contribution in [0.4, 0.5) is 11.4 Å². The van der Waals surface area contributed by atoms with E-state index in [1.54, 1.807) is 0 Å². The SMILES string of the molecule is Cc1ccc(C)c(NC(=O)C(NC(=O)c2ccc([N+](=O)[O-])cc2Cl)C(C)C)c1. The zero-order valence-corrected chi connectivity index (χ0v) is 16.8. The molecule has 0 bridgehead atoms. The van der Waals surface area contributed by atoms with Crippen LogP contribution in [-0.4, -0.2) is 22.8 Å². The molecule has 8 heteroatoms. The monoisotopic (exact) mass is 403 g/mol. The maximum Gasteiger partial charge on any atom is 0.270 e. The molecule has 0 aliphatic rings. The van der Waals surface area contributed by atoms with Gasteiger partial charge in [0.15, 0.2) is 0 Å². The van der Waals surface area contributed by atoms with Crippen molar-refractivity contribution in [2.75, 3.05) is 5.32 Å². The van der Waals surface area contributed by atoms with Crippen LogP contribution in [-0.2, 0) is 4.79 Å². The number of aryl methyl sites for hydroxylation is 2. The molecule has 0 saturated heterocycles. The average molecular weight is 404 g/mol. The van der Waals surface area contributed by atoms with Gasteiger partial charge in [0.2, 0.25) is 5.91 Å². The van der Waals surface area contributed by atoms with Crippen LogP contribution in [0.5, 0.6) is 0 Å². The third-order valence-electron chi connectivity index (χ3n) is 4.29. The number of hydrogen-bond donors (Lipinski definition) is 2. The Morgan fingerprint density at radius 3 is 2.36 bits per heavy atom.